The molecule has 10 nitrogen and oxygen atoms in total. The van der Waals surface area contributed by atoms with Crippen LogP contribution >= 0.6 is 0 Å². The second-order valence-corrected chi connectivity index (χ2v) is 8.68. The van der Waals surface area contributed by atoms with Gasteiger partial charge in [-0.25, -0.2) is 12.7 Å². The molecule has 0 radical (unpaired) electrons. The van der Waals surface area contributed by atoms with E-state index in [0.717, 1.165) is 0 Å². The van der Waals surface area contributed by atoms with Crippen LogP contribution in [0.2, 0.25) is 0 Å². The van der Waals surface area contributed by atoms with Gasteiger partial charge in [0.05, 0.1) is 19.8 Å². The first-order chi connectivity index (χ1) is 14.6. The summed E-state index contributed by atoms with van der Waals surface area (Å²) in [4.78, 5) is 38.2. The molecule has 3 rings (SSSR count). The van der Waals surface area contributed by atoms with E-state index in [0.29, 0.717) is 15.6 Å². The van der Waals surface area contributed by atoms with E-state index in [4.69, 9.17) is 9.47 Å². The molecule has 0 unspecified atom stereocenters. The Morgan fingerprint density at radius 2 is 1.61 bits per heavy atom. The highest BCUT2D eigenvalue weighted by Crippen LogP contribution is 2.38. The average molecular weight is 447 g/mol. The molecular formula is C20H21N3O7S. The molecule has 1 N–H and O–H groups in total. The lowest BCUT2D eigenvalue weighted by Gasteiger charge is -2.15. The summed E-state index contributed by atoms with van der Waals surface area (Å²) in [6.07, 6.45) is 0. The van der Waals surface area contributed by atoms with E-state index >= 15 is 0 Å². The number of hydrogen-bond donors (Lipinski definition) is 1. The third-order valence-corrected chi connectivity index (χ3v) is 6.39. The largest absolute Gasteiger partial charge is 0.493 e. The first kappa shape index (κ1) is 22.1. The molecule has 0 aliphatic carbocycles. The maximum Gasteiger partial charge on any atom is 0.269 e. The summed E-state index contributed by atoms with van der Waals surface area (Å²) in [6.45, 7) is -0.709. The molecule has 31 heavy (non-hydrogen) atoms. The second-order valence-electron chi connectivity index (χ2n) is 6.85. The lowest BCUT2D eigenvalue weighted by Crippen LogP contribution is -2.37. The predicted octanol–water partition coefficient (Wildman–Crippen LogP) is 1.19. The molecule has 11 heteroatoms. The summed E-state index contributed by atoms with van der Waals surface area (Å²) >= 11 is 0. The highest BCUT2D eigenvalue weighted by molar-refractivity contribution is 7.90. The first-order valence-electron chi connectivity index (χ1n) is 9.04. The molecule has 0 bridgehead atoms. The number of anilines is 1. The van der Waals surface area contributed by atoms with Crippen LogP contribution in [-0.2, 0) is 14.8 Å². The van der Waals surface area contributed by atoms with Gasteiger partial charge in [0.25, 0.3) is 21.8 Å². The Kier molecular flexibility index (Phi) is 5.89. The smallest absolute Gasteiger partial charge is 0.269 e. The molecule has 0 spiro atoms. The zero-order valence-electron chi connectivity index (χ0n) is 17.3. The van der Waals surface area contributed by atoms with Crippen molar-refractivity contribution >= 4 is 33.4 Å². The molecular weight excluding hydrogens is 426 g/mol. The molecule has 164 valence electrons. The van der Waals surface area contributed by atoms with E-state index in [1.54, 1.807) is 14.1 Å². The number of sulfonamides is 1. The topological polar surface area (TPSA) is 122 Å². The van der Waals surface area contributed by atoms with Crippen molar-refractivity contribution in [2.24, 2.45) is 0 Å². The van der Waals surface area contributed by atoms with E-state index < -0.39 is 28.4 Å². The monoisotopic (exact) mass is 447 g/mol. The molecule has 1 heterocycles. The fourth-order valence-corrected chi connectivity index (χ4v) is 4.57. The Balaban J connectivity index is 1.79. The maximum atomic E-state index is 12.8. The molecule has 1 aliphatic rings. The third kappa shape index (κ3) is 4.04. The highest BCUT2D eigenvalue weighted by atomic mass is 32.2. The molecule has 1 aliphatic heterocycles. The number of amides is 3. The van der Waals surface area contributed by atoms with Crippen molar-refractivity contribution in [3.63, 3.8) is 0 Å². The molecule has 0 fully saturated rings. The van der Waals surface area contributed by atoms with Gasteiger partial charge in [0, 0.05) is 31.4 Å². The Morgan fingerprint density at radius 1 is 1.03 bits per heavy atom. The molecule has 2 aromatic rings. The zero-order valence-corrected chi connectivity index (χ0v) is 18.1. The van der Waals surface area contributed by atoms with Crippen molar-refractivity contribution in [1.82, 2.24) is 9.21 Å². The van der Waals surface area contributed by atoms with Crippen LogP contribution in [0.1, 0.15) is 20.7 Å². The minimum Gasteiger partial charge on any atom is -0.493 e. The van der Waals surface area contributed by atoms with Crippen molar-refractivity contribution in [2.45, 2.75) is 4.90 Å². The van der Waals surface area contributed by atoms with Gasteiger partial charge in [-0.1, -0.05) is 0 Å². The molecule has 0 atom stereocenters. The number of hydrogen-bond acceptors (Lipinski definition) is 7. The van der Waals surface area contributed by atoms with Gasteiger partial charge in [-0.05, 0) is 30.3 Å². The SMILES string of the molecule is COc1cc2c(cc1OC)S(=O)(=O)N(CC(=O)Nc1ccc(C(=O)N(C)C)cc1)C2=O. The number of benzene rings is 2. The summed E-state index contributed by atoms with van der Waals surface area (Å²) in [5.74, 6) is -1.40. The van der Waals surface area contributed by atoms with E-state index in [1.165, 1.54) is 55.5 Å². The summed E-state index contributed by atoms with van der Waals surface area (Å²) in [7, 11) is 1.71. The van der Waals surface area contributed by atoms with Crippen LogP contribution in [0, 0.1) is 0 Å². The average Bonchev–Trinajstić information content (AvgIpc) is 2.92. The number of rotatable bonds is 6. The molecule has 0 saturated carbocycles. The Labute approximate surface area is 179 Å². The summed E-state index contributed by atoms with van der Waals surface area (Å²) in [5.41, 5.74) is 0.681. The quantitative estimate of drug-likeness (QED) is 0.706. The maximum absolute atomic E-state index is 12.8. The highest BCUT2D eigenvalue weighted by Gasteiger charge is 2.43. The lowest BCUT2D eigenvalue weighted by molar-refractivity contribution is -0.116. The Bertz CT molecular complexity index is 1160. The van der Waals surface area contributed by atoms with Crippen molar-refractivity contribution in [3.05, 3.63) is 47.5 Å². The second kappa shape index (κ2) is 8.26. The Morgan fingerprint density at radius 3 is 2.16 bits per heavy atom. The van der Waals surface area contributed by atoms with Crippen LogP contribution in [0.15, 0.2) is 41.3 Å². The third-order valence-electron chi connectivity index (χ3n) is 4.62. The molecule has 0 aromatic heterocycles. The van der Waals surface area contributed by atoms with Gasteiger partial charge in [-0.15, -0.1) is 0 Å². The zero-order chi connectivity index (χ0) is 22.9. The van der Waals surface area contributed by atoms with Gasteiger partial charge in [0.1, 0.15) is 11.4 Å². The fourth-order valence-electron chi connectivity index (χ4n) is 3.05. The van der Waals surface area contributed by atoms with Crippen LogP contribution in [0.4, 0.5) is 5.69 Å². The van der Waals surface area contributed by atoms with E-state index in [1.807, 2.05) is 0 Å². The lowest BCUT2D eigenvalue weighted by atomic mass is 10.2. The first-order valence-corrected chi connectivity index (χ1v) is 10.5. The van der Waals surface area contributed by atoms with Gasteiger partial charge in [-0.3, -0.25) is 14.4 Å². The number of methoxy groups -OCH3 is 2. The van der Waals surface area contributed by atoms with Crippen LogP contribution in [-0.4, -0.2) is 70.2 Å². The molecule has 3 amide bonds. The number of carbonyl (C=O) groups is 3. The number of nitrogens with one attached hydrogen (secondary N) is 1. The van der Waals surface area contributed by atoms with Crippen LogP contribution in [0.5, 0.6) is 11.5 Å². The Hall–Kier alpha value is -3.60. The minimum absolute atomic E-state index is 0.1000. The number of fused-ring (bicyclic) bond motifs is 1. The van der Waals surface area contributed by atoms with Gasteiger partial charge in [-0.2, -0.15) is 0 Å². The van der Waals surface area contributed by atoms with Crippen molar-refractivity contribution < 1.29 is 32.3 Å². The fraction of sp³-hybridized carbons (Fsp3) is 0.250. The van der Waals surface area contributed by atoms with Crippen LogP contribution < -0.4 is 14.8 Å². The van der Waals surface area contributed by atoms with Crippen LogP contribution in [0.3, 0.4) is 0 Å². The van der Waals surface area contributed by atoms with Gasteiger partial charge in [0.15, 0.2) is 11.5 Å². The minimum atomic E-state index is -4.23. The van der Waals surface area contributed by atoms with E-state index in [9.17, 15) is 22.8 Å². The van der Waals surface area contributed by atoms with Gasteiger partial charge < -0.3 is 19.7 Å². The number of nitrogens with zero attached hydrogens (tertiary/aromatic N) is 2. The number of ether oxygens (including phenoxy) is 2. The van der Waals surface area contributed by atoms with Gasteiger partial charge >= 0.3 is 0 Å². The summed E-state index contributed by atoms with van der Waals surface area (Å²) < 4.78 is 36.4. The van der Waals surface area contributed by atoms with Crippen LogP contribution in [0.25, 0.3) is 0 Å². The van der Waals surface area contributed by atoms with Crippen molar-refractivity contribution in [3.8, 4) is 11.5 Å². The van der Waals surface area contributed by atoms with E-state index in [-0.39, 0.29) is 27.9 Å². The summed E-state index contributed by atoms with van der Waals surface area (Å²) in [5, 5.41) is 2.52. The van der Waals surface area contributed by atoms with Crippen molar-refractivity contribution in [1.29, 1.82) is 0 Å². The molecule has 0 saturated heterocycles. The van der Waals surface area contributed by atoms with Gasteiger partial charge in [0.2, 0.25) is 5.91 Å². The normalized spacial score (nSPS) is 14.1. The standard InChI is InChI=1S/C20H21N3O7S/c1-22(2)19(25)12-5-7-13(8-6-12)21-18(24)11-23-20(26)14-9-15(29-3)16(30-4)10-17(14)31(23,27)28/h5-10H,11H2,1-4H3,(H,21,24). The summed E-state index contributed by atoms with van der Waals surface area (Å²) in [6, 6.07) is 8.55. The number of carbonyl (C=O) groups excluding carboxylic acids is 3. The van der Waals surface area contributed by atoms with E-state index in [2.05, 4.69) is 5.32 Å². The molecule has 2 aromatic carbocycles. The van der Waals surface area contributed by atoms with Crippen molar-refractivity contribution in [2.75, 3.05) is 40.2 Å². The predicted molar refractivity (Wildman–Crippen MR) is 111 cm³/mol.